The number of amides is 1. The Kier molecular flexibility index (Phi) is 5.30. The van der Waals surface area contributed by atoms with E-state index in [1.165, 1.54) is 17.3 Å². The number of nitrogens with zero attached hydrogens (tertiary/aromatic N) is 2. The molecule has 1 amide bonds. The van der Waals surface area contributed by atoms with Crippen molar-refractivity contribution in [2.75, 3.05) is 0 Å². The van der Waals surface area contributed by atoms with Gasteiger partial charge >= 0.3 is 5.97 Å². The van der Waals surface area contributed by atoms with Crippen LogP contribution in [0, 0.1) is 13.8 Å². The third-order valence-corrected chi connectivity index (χ3v) is 4.96. The Bertz CT molecular complexity index is 835. The Labute approximate surface area is 152 Å². The van der Waals surface area contributed by atoms with Crippen molar-refractivity contribution in [1.82, 2.24) is 15.3 Å². The van der Waals surface area contributed by atoms with E-state index in [4.69, 9.17) is 0 Å². The smallest absolute Gasteiger partial charge is 0.326 e. The zero-order valence-electron chi connectivity index (χ0n) is 15.0. The lowest BCUT2D eigenvalue weighted by Gasteiger charge is -2.28. The molecule has 136 valence electrons. The second-order valence-corrected chi connectivity index (χ2v) is 6.80. The first-order chi connectivity index (χ1) is 12.5. The van der Waals surface area contributed by atoms with Crippen LogP contribution in [-0.4, -0.2) is 33.0 Å². The Morgan fingerprint density at radius 2 is 2.08 bits per heavy atom. The van der Waals surface area contributed by atoms with Crippen molar-refractivity contribution in [2.24, 2.45) is 0 Å². The van der Waals surface area contributed by atoms with E-state index in [1.54, 1.807) is 13.8 Å². The van der Waals surface area contributed by atoms with Crippen LogP contribution in [0.2, 0.25) is 0 Å². The number of hydrogen-bond donors (Lipinski definition) is 2. The van der Waals surface area contributed by atoms with Crippen LogP contribution in [0.4, 0.5) is 0 Å². The highest BCUT2D eigenvalue weighted by Crippen LogP contribution is 2.34. The molecule has 1 aromatic carbocycles. The molecule has 2 unspecified atom stereocenters. The molecule has 2 atom stereocenters. The maximum Gasteiger partial charge on any atom is 0.326 e. The first kappa shape index (κ1) is 18.0. The number of nitrogens with one attached hydrogen (secondary N) is 1. The summed E-state index contributed by atoms with van der Waals surface area (Å²) < 4.78 is 0. The van der Waals surface area contributed by atoms with Crippen LogP contribution in [0.5, 0.6) is 0 Å². The number of aromatic nitrogens is 2. The van der Waals surface area contributed by atoms with Crippen LogP contribution in [0.1, 0.15) is 58.2 Å². The molecule has 3 rings (SSSR count). The average Bonchev–Trinajstić information content (AvgIpc) is 2.61. The zero-order valence-corrected chi connectivity index (χ0v) is 15.0. The van der Waals surface area contributed by atoms with Gasteiger partial charge < -0.3 is 10.4 Å². The molecule has 0 saturated carbocycles. The molecule has 6 nitrogen and oxygen atoms in total. The summed E-state index contributed by atoms with van der Waals surface area (Å²) in [4.78, 5) is 32.5. The zero-order chi connectivity index (χ0) is 18.7. The van der Waals surface area contributed by atoms with E-state index in [0.717, 1.165) is 19.3 Å². The lowest BCUT2D eigenvalue weighted by Crippen LogP contribution is -2.42. The maximum absolute atomic E-state index is 12.5. The lowest BCUT2D eigenvalue weighted by atomic mass is 9.79. The minimum atomic E-state index is -1.02. The van der Waals surface area contributed by atoms with Gasteiger partial charge in [-0.05, 0) is 56.6 Å². The fraction of sp³-hybridized carbons (Fsp3) is 0.400. The maximum atomic E-state index is 12.5. The van der Waals surface area contributed by atoms with Crippen molar-refractivity contribution in [3.63, 3.8) is 0 Å². The number of rotatable bonds is 5. The summed E-state index contributed by atoms with van der Waals surface area (Å²) in [5, 5.41) is 12.3. The Hall–Kier alpha value is -2.76. The third-order valence-electron chi connectivity index (χ3n) is 4.96. The van der Waals surface area contributed by atoms with E-state index in [0.29, 0.717) is 23.5 Å². The number of carboxylic acids is 1. The molecule has 0 spiro atoms. The number of aliphatic carboxylic acids is 1. The Morgan fingerprint density at radius 3 is 2.81 bits per heavy atom. The highest BCUT2D eigenvalue weighted by atomic mass is 16.4. The molecule has 26 heavy (non-hydrogen) atoms. The van der Waals surface area contributed by atoms with Crippen LogP contribution in [-0.2, 0) is 11.2 Å². The minimum absolute atomic E-state index is 0.136. The highest BCUT2D eigenvalue weighted by molar-refractivity contribution is 5.97. The number of carbonyl (C=O) groups is 2. The van der Waals surface area contributed by atoms with E-state index >= 15 is 0 Å². The first-order valence-electron chi connectivity index (χ1n) is 8.87. The molecule has 0 aliphatic heterocycles. The molecule has 1 aromatic heterocycles. The van der Waals surface area contributed by atoms with E-state index in [-0.39, 0.29) is 5.92 Å². The topological polar surface area (TPSA) is 92.2 Å². The SMILES string of the molecule is Cc1ncc(C(=O)NC(CC2CCCc3ccccc32)C(=O)O)c(C)n1. The molecular formula is C20H23N3O3. The van der Waals surface area contributed by atoms with Gasteiger partial charge in [-0.1, -0.05) is 24.3 Å². The van der Waals surface area contributed by atoms with Gasteiger partial charge in [-0.15, -0.1) is 0 Å². The van der Waals surface area contributed by atoms with E-state index in [2.05, 4.69) is 27.4 Å². The van der Waals surface area contributed by atoms with Gasteiger partial charge in [0, 0.05) is 6.20 Å². The molecule has 0 saturated heterocycles. The van der Waals surface area contributed by atoms with Gasteiger partial charge in [-0.25, -0.2) is 14.8 Å². The molecule has 1 aliphatic carbocycles. The minimum Gasteiger partial charge on any atom is -0.480 e. The lowest BCUT2D eigenvalue weighted by molar-refractivity contribution is -0.139. The Morgan fingerprint density at radius 1 is 1.31 bits per heavy atom. The fourth-order valence-electron chi connectivity index (χ4n) is 3.65. The van der Waals surface area contributed by atoms with Gasteiger partial charge in [-0.2, -0.15) is 0 Å². The van der Waals surface area contributed by atoms with Crippen LogP contribution < -0.4 is 5.32 Å². The van der Waals surface area contributed by atoms with Crippen molar-refractivity contribution in [2.45, 2.75) is 51.5 Å². The van der Waals surface area contributed by atoms with Gasteiger partial charge in [0.05, 0.1) is 11.3 Å². The molecule has 2 N–H and O–H groups in total. The molecule has 1 aliphatic rings. The molecule has 6 heteroatoms. The van der Waals surface area contributed by atoms with Crippen molar-refractivity contribution in [1.29, 1.82) is 0 Å². The van der Waals surface area contributed by atoms with Crippen LogP contribution in [0.25, 0.3) is 0 Å². The van der Waals surface area contributed by atoms with Crippen molar-refractivity contribution in [3.05, 3.63) is 58.7 Å². The Balaban J connectivity index is 1.76. The molecule has 1 heterocycles. The number of benzene rings is 1. The molecular weight excluding hydrogens is 330 g/mol. The summed E-state index contributed by atoms with van der Waals surface area (Å²) in [6.45, 7) is 3.46. The summed E-state index contributed by atoms with van der Waals surface area (Å²) in [5.41, 5.74) is 3.34. The quantitative estimate of drug-likeness (QED) is 0.862. The molecule has 2 aromatic rings. The summed E-state index contributed by atoms with van der Waals surface area (Å²) in [7, 11) is 0. The average molecular weight is 353 g/mol. The number of aryl methyl sites for hydroxylation is 3. The first-order valence-corrected chi connectivity index (χ1v) is 8.87. The number of hydrogen-bond acceptors (Lipinski definition) is 4. The second kappa shape index (κ2) is 7.64. The van der Waals surface area contributed by atoms with Gasteiger partial charge in [-0.3, -0.25) is 4.79 Å². The van der Waals surface area contributed by atoms with Crippen molar-refractivity contribution in [3.8, 4) is 0 Å². The predicted molar refractivity (Wildman–Crippen MR) is 97.1 cm³/mol. The van der Waals surface area contributed by atoms with Gasteiger partial charge in [0.2, 0.25) is 0 Å². The van der Waals surface area contributed by atoms with Crippen LogP contribution in [0.15, 0.2) is 30.5 Å². The predicted octanol–water partition coefficient (Wildman–Crippen LogP) is 2.79. The molecule has 0 radical (unpaired) electrons. The second-order valence-electron chi connectivity index (χ2n) is 6.80. The monoisotopic (exact) mass is 353 g/mol. The number of fused-ring (bicyclic) bond motifs is 1. The summed E-state index contributed by atoms with van der Waals surface area (Å²) in [6.07, 6.45) is 4.82. The summed E-state index contributed by atoms with van der Waals surface area (Å²) >= 11 is 0. The third kappa shape index (κ3) is 3.90. The molecule has 0 fully saturated rings. The summed E-state index contributed by atoms with van der Waals surface area (Å²) in [5.74, 6) is -0.754. The van der Waals surface area contributed by atoms with Crippen molar-refractivity contribution >= 4 is 11.9 Å². The van der Waals surface area contributed by atoms with Crippen LogP contribution >= 0.6 is 0 Å². The van der Waals surface area contributed by atoms with E-state index in [9.17, 15) is 14.7 Å². The van der Waals surface area contributed by atoms with Gasteiger partial charge in [0.1, 0.15) is 11.9 Å². The van der Waals surface area contributed by atoms with E-state index < -0.39 is 17.9 Å². The number of carboxylic acid groups (broad SMARTS) is 1. The highest BCUT2D eigenvalue weighted by Gasteiger charge is 2.28. The van der Waals surface area contributed by atoms with E-state index in [1.807, 2.05) is 12.1 Å². The van der Waals surface area contributed by atoms with Crippen molar-refractivity contribution < 1.29 is 14.7 Å². The molecule has 0 bridgehead atoms. The largest absolute Gasteiger partial charge is 0.480 e. The van der Waals surface area contributed by atoms with Gasteiger partial charge in [0.25, 0.3) is 5.91 Å². The van der Waals surface area contributed by atoms with Crippen LogP contribution in [0.3, 0.4) is 0 Å². The summed E-state index contributed by atoms with van der Waals surface area (Å²) in [6, 6.07) is 7.22. The van der Waals surface area contributed by atoms with Gasteiger partial charge in [0.15, 0.2) is 0 Å². The standard InChI is InChI=1S/C20H23N3O3/c1-12-17(11-21-13(2)22-12)19(24)23-18(20(25)26)10-15-8-5-7-14-6-3-4-9-16(14)15/h3-4,6,9,11,15,18H,5,7-8,10H2,1-2H3,(H,23,24)(H,25,26). The number of carbonyl (C=O) groups excluding carboxylic acids is 1. The fourth-order valence-corrected chi connectivity index (χ4v) is 3.65. The normalized spacial score (nSPS) is 17.2.